The maximum atomic E-state index is 13.4. The molecule has 0 aliphatic carbocycles. The number of hydrogen-bond donors (Lipinski definition) is 2. The van der Waals surface area contributed by atoms with E-state index in [1.54, 1.807) is 24.3 Å². The molecule has 8 heteroatoms. The first-order chi connectivity index (χ1) is 11.9. The van der Waals surface area contributed by atoms with Gasteiger partial charge in [0.1, 0.15) is 5.82 Å². The molecule has 134 valence electrons. The lowest BCUT2D eigenvalue weighted by atomic mass is 10.1. The van der Waals surface area contributed by atoms with Crippen LogP contribution in [0.4, 0.5) is 4.39 Å². The highest BCUT2D eigenvalue weighted by atomic mass is 35.5. The fourth-order valence-corrected chi connectivity index (χ4v) is 3.47. The first-order valence-corrected chi connectivity index (χ1v) is 9.50. The van der Waals surface area contributed by atoms with E-state index < -0.39 is 10.0 Å². The van der Waals surface area contributed by atoms with E-state index in [4.69, 9.17) is 11.6 Å². The lowest BCUT2D eigenvalue weighted by Gasteiger charge is -2.08. The van der Waals surface area contributed by atoms with Crippen LogP contribution in [0.25, 0.3) is 0 Å². The summed E-state index contributed by atoms with van der Waals surface area (Å²) in [5.41, 5.74) is 0.518. The van der Waals surface area contributed by atoms with Crippen molar-refractivity contribution in [3.05, 3.63) is 64.9 Å². The Kier molecular flexibility index (Phi) is 6.92. The number of sulfonamides is 1. The maximum absolute atomic E-state index is 13.4. The van der Waals surface area contributed by atoms with Gasteiger partial charge in [0.15, 0.2) is 0 Å². The summed E-state index contributed by atoms with van der Waals surface area (Å²) in [6, 6.07) is 12.2. The minimum Gasteiger partial charge on any atom is -0.356 e. The largest absolute Gasteiger partial charge is 0.356 e. The fourth-order valence-electron chi connectivity index (χ4n) is 2.14. The third-order valence-electron chi connectivity index (χ3n) is 3.42. The third kappa shape index (κ3) is 6.12. The lowest BCUT2D eigenvalue weighted by Crippen LogP contribution is -2.31. The van der Waals surface area contributed by atoms with Crippen molar-refractivity contribution in [3.63, 3.8) is 0 Å². The van der Waals surface area contributed by atoms with Gasteiger partial charge in [-0.15, -0.1) is 0 Å². The van der Waals surface area contributed by atoms with Gasteiger partial charge >= 0.3 is 0 Å². The number of benzene rings is 2. The van der Waals surface area contributed by atoms with Crippen molar-refractivity contribution >= 4 is 27.5 Å². The normalized spacial score (nSPS) is 11.3. The average molecular weight is 385 g/mol. The Morgan fingerprint density at radius 1 is 1.08 bits per heavy atom. The Hall–Kier alpha value is -1.96. The SMILES string of the molecule is O=C(CCNS(=O)(=O)c1cccc(Cl)c1)NCCc1ccccc1F. The van der Waals surface area contributed by atoms with Crippen LogP contribution in [-0.2, 0) is 21.2 Å². The standard InChI is InChI=1S/C17H18ClFN2O3S/c18-14-5-3-6-15(12-14)25(23,24)21-11-9-17(22)20-10-8-13-4-1-2-7-16(13)19/h1-7,12,21H,8-11H2,(H,20,22). The van der Waals surface area contributed by atoms with Gasteiger partial charge in [0, 0.05) is 24.5 Å². The summed E-state index contributed by atoms with van der Waals surface area (Å²) < 4.78 is 39.9. The molecule has 0 saturated carbocycles. The molecule has 0 unspecified atom stereocenters. The van der Waals surface area contributed by atoms with Gasteiger partial charge in [-0.05, 0) is 36.2 Å². The summed E-state index contributed by atoms with van der Waals surface area (Å²) in [6.07, 6.45) is 0.351. The van der Waals surface area contributed by atoms with Gasteiger partial charge in [0.25, 0.3) is 0 Å². The highest BCUT2D eigenvalue weighted by molar-refractivity contribution is 7.89. The molecule has 0 radical (unpaired) electrons. The Labute approximate surface area is 151 Å². The predicted octanol–water partition coefficient (Wildman–Crippen LogP) is 2.51. The van der Waals surface area contributed by atoms with Crippen LogP contribution in [-0.4, -0.2) is 27.4 Å². The fraction of sp³-hybridized carbons (Fsp3) is 0.235. The molecule has 2 N–H and O–H groups in total. The summed E-state index contributed by atoms with van der Waals surface area (Å²) in [6.45, 7) is 0.237. The Morgan fingerprint density at radius 3 is 2.56 bits per heavy atom. The van der Waals surface area contributed by atoms with Gasteiger partial charge in [0.2, 0.25) is 15.9 Å². The average Bonchev–Trinajstić information content (AvgIpc) is 2.56. The second kappa shape index (κ2) is 8.94. The van der Waals surface area contributed by atoms with Crippen LogP contribution >= 0.6 is 11.6 Å². The molecule has 0 atom stereocenters. The minimum atomic E-state index is -3.71. The molecule has 2 aromatic rings. The van der Waals surface area contributed by atoms with Gasteiger partial charge in [-0.25, -0.2) is 17.5 Å². The highest BCUT2D eigenvalue weighted by Gasteiger charge is 2.14. The molecule has 0 fully saturated rings. The van der Waals surface area contributed by atoms with Crippen molar-refractivity contribution in [3.8, 4) is 0 Å². The lowest BCUT2D eigenvalue weighted by molar-refractivity contribution is -0.120. The number of hydrogen-bond acceptors (Lipinski definition) is 3. The summed E-state index contributed by atoms with van der Waals surface area (Å²) in [7, 11) is -3.71. The van der Waals surface area contributed by atoms with E-state index in [1.165, 1.54) is 24.3 Å². The number of halogens is 2. The van der Waals surface area contributed by atoms with E-state index in [-0.39, 0.29) is 36.1 Å². The second-order valence-corrected chi connectivity index (χ2v) is 7.50. The summed E-state index contributed by atoms with van der Waals surface area (Å²) >= 11 is 5.77. The van der Waals surface area contributed by atoms with Crippen LogP contribution < -0.4 is 10.0 Å². The second-order valence-electron chi connectivity index (χ2n) is 5.30. The van der Waals surface area contributed by atoms with Gasteiger partial charge in [0.05, 0.1) is 4.90 Å². The van der Waals surface area contributed by atoms with Crippen molar-refractivity contribution in [1.82, 2.24) is 10.0 Å². The van der Waals surface area contributed by atoms with Crippen LogP contribution in [0.5, 0.6) is 0 Å². The number of carbonyl (C=O) groups is 1. The molecule has 25 heavy (non-hydrogen) atoms. The van der Waals surface area contributed by atoms with Crippen LogP contribution in [0.15, 0.2) is 53.4 Å². The summed E-state index contributed by atoms with van der Waals surface area (Å²) in [5.74, 6) is -0.629. The molecule has 0 aliphatic rings. The molecule has 2 aromatic carbocycles. The van der Waals surface area contributed by atoms with Gasteiger partial charge in [-0.2, -0.15) is 0 Å². The molecular weight excluding hydrogens is 367 g/mol. The van der Waals surface area contributed by atoms with Gasteiger partial charge in [-0.3, -0.25) is 4.79 Å². The molecule has 2 rings (SSSR count). The Morgan fingerprint density at radius 2 is 1.84 bits per heavy atom. The number of nitrogens with one attached hydrogen (secondary N) is 2. The van der Waals surface area contributed by atoms with Crippen molar-refractivity contribution in [1.29, 1.82) is 0 Å². The van der Waals surface area contributed by atoms with E-state index >= 15 is 0 Å². The van der Waals surface area contributed by atoms with Crippen LogP contribution in [0.2, 0.25) is 5.02 Å². The number of carbonyl (C=O) groups excluding carboxylic acids is 1. The van der Waals surface area contributed by atoms with E-state index in [2.05, 4.69) is 10.0 Å². The quantitative estimate of drug-likeness (QED) is 0.734. The number of amides is 1. The van der Waals surface area contributed by atoms with Crippen molar-refractivity contribution in [2.24, 2.45) is 0 Å². The molecule has 1 amide bonds. The molecule has 0 heterocycles. The van der Waals surface area contributed by atoms with Crippen LogP contribution in [0, 0.1) is 5.82 Å². The molecule has 0 bridgehead atoms. The van der Waals surface area contributed by atoms with E-state index in [1.807, 2.05) is 0 Å². The van der Waals surface area contributed by atoms with E-state index in [0.717, 1.165) is 0 Å². The van der Waals surface area contributed by atoms with Gasteiger partial charge in [-0.1, -0.05) is 35.9 Å². The first-order valence-electron chi connectivity index (χ1n) is 7.64. The smallest absolute Gasteiger partial charge is 0.240 e. The van der Waals surface area contributed by atoms with Crippen molar-refractivity contribution in [2.75, 3.05) is 13.1 Å². The monoisotopic (exact) mass is 384 g/mol. The van der Waals surface area contributed by atoms with Gasteiger partial charge < -0.3 is 5.32 Å². The number of rotatable bonds is 8. The molecular formula is C17H18ClFN2O3S. The Bertz CT molecular complexity index is 843. The van der Waals surface area contributed by atoms with Crippen molar-refractivity contribution in [2.45, 2.75) is 17.7 Å². The summed E-state index contributed by atoms with van der Waals surface area (Å²) in [5, 5.41) is 2.95. The molecule has 0 saturated heterocycles. The van der Waals surface area contributed by atoms with Crippen LogP contribution in [0.1, 0.15) is 12.0 Å². The van der Waals surface area contributed by atoms with E-state index in [9.17, 15) is 17.6 Å². The molecule has 0 spiro atoms. The molecule has 5 nitrogen and oxygen atoms in total. The van der Waals surface area contributed by atoms with E-state index in [0.29, 0.717) is 17.0 Å². The summed E-state index contributed by atoms with van der Waals surface area (Å²) in [4.78, 5) is 11.8. The maximum Gasteiger partial charge on any atom is 0.240 e. The molecule has 0 aromatic heterocycles. The van der Waals surface area contributed by atoms with Crippen molar-refractivity contribution < 1.29 is 17.6 Å². The predicted molar refractivity (Wildman–Crippen MR) is 94.4 cm³/mol. The highest BCUT2D eigenvalue weighted by Crippen LogP contribution is 2.15. The minimum absolute atomic E-state index is 0.0168. The van der Waals surface area contributed by atoms with Crippen LogP contribution in [0.3, 0.4) is 0 Å². The third-order valence-corrected chi connectivity index (χ3v) is 5.12. The zero-order valence-electron chi connectivity index (χ0n) is 13.3. The topological polar surface area (TPSA) is 75.3 Å². The Balaban J connectivity index is 1.74. The zero-order valence-corrected chi connectivity index (χ0v) is 14.9. The first kappa shape index (κ1) is 19.4. The molecule has 0 aliphatic heterocycles. The zero-order chi connectivity index (χ0) is 18.3.